The summed E-state index contributed by atoms with van der Waals surface area (Å²) in [5.74, 6) is -0.254. The molecule has 0 aliphatic rings. The molecule has 2 N–H and O–H groups in total. The Morgan fingerprint density at radius 2 is 1.80 bits per heavy atom. The van der Waals surface area contributed by atoms with Gasteiger partial charge in [-0.1, -0.05) is 61.3 Å². The third kappa shape index (κ3) is 5.30. The molecule has 132 valence electrons. The summed E-state index contributed by atoms with van der Waals surface area (Å²) in [5.41, 5.74) is 0.821. The van der Waals surface area contributed by atoms with Gasteiger partial charge in [0, 0.05) is 28.2 Å². The van der Waals surface area contributed by atoms with E-state index in [2.05, 4.69) is 0 Å². The maximum Gasteiger partial charge on any atom is 0.491 e. The second-order valence-electron chi connectivity index (χ2n) is 6.56. The van der Waals surface area contributed by atoms with Crippen LogP contribution in [0.4, 0.5) is 0 Å². The monoisotopic (exact) mass is 380 g/mol. The van der Waals surface area contributed by atoms with Crippen molar-refractivity contribution in [2.24, 2.45) is 5.41 Å². The van der Waals surface area contributed by atoms with Gasteiger partial charge in [-0.25, -0.2) is 0 Å². The lowest BCUT2D eigenvalue weighted by Crippen LogP contribution is -2.37. The van der Waals surface area contributed by atoms with E-state index < -0.39 is 12.5 Å². The molecule has 2 aromatic rings. The van der Waals surface area contributed by atoms with E-state index in [1.54, 1.807) is 36.4 Å². The Morgan fingerprint density at radius 3 is 2.40 bits per heavy atom. The summed E-state index contributed by atoms with van der Waals surface area (Å²) >= 11 is 12.0. The molecule has 2 aromatic carbocycles. The zero-order valence-corrected chi connectivity index (χ0v) is 15.5. The van der Waals surface area contributed by atoms with Crippen molar-refractivity contribution in [2.75, 3.05) is 13.2 Å². The Labute approximate surface area is 157 Å². The van der Waals surface area contributed by atoms with Crippen LogP contribution in [-0.4, -0.2) is 36.2 Å². The van der Waals surface area contributed by atoms with Gasteiger partial charge in [-0.15, -0.1) is 0 Å². The first-order valence-electron chi connectivity index (χ1n) is 7.74. The van der Waals surface area contributed by atoms with Crippen LogP contribution >= 0.6 is 23.2 Å². The summed E-state index contributed by atoms with van der Waals surface area (Å²) in [6.07, 6.45) is 0. The first kappa shape index (κ1) is 20.0. The fourth-order valence-electron chi connectivity index (χ4n) is 2.07. The smallest absolute Gasteiger partial charge is 0.423 e. The summed E-state index contributed by atoms with van der Waals surface area (Å²) in [6, 6.07) is 11.1. The van der Waals surface area contributed by atoms with E-state index in [4.69, 9.17) is 27.9 Å². The van der Waals surface area contributed by atoms with Gasteiger partial charge in [-0.2, -0.15) is 0 Å². The van der Waals surface area contributed by atoms with E-state index in [1.165, 1.54) is 6.07 Å². The number of halogens is 2. The zero-order chi connectivity index (χ0) is 18.6. The number of aliphatic hydroxyl groups is 1. The third-order valence-corrected chi connectivity index (χ3v) is 4.26. The minimum Gasteiger partial charge on any atom is -0.423 e. The number of carbonyl (C=O) groups is 1. The number of hydrogen-bond acceptors (Lipinski definition) is 4. The number of hydrogen-bond donors (Lipinski definition) is 2. The summed E-state index contributed by atoms with van der Waals surface area (Å²) in [4.78, 5) is 12.5. The van der Waals surface area contributed by atoms with Crippen molar-refractivity contribution in [3.8, 4) is 0 Å². The maximum atomic E-state index is 12.5. The van der Waals surface area contributed by atoms with Gasteiger partial charge in [0.1, 0.15) is 0 Å². The molecule has 0 radical (unpaired) electrons. The van der Waals surface area contributed by atoms with Gasteiger partial charge in [0.2, 0.25) is 0 Å². The predicted molar refractivity (Wildman–Crippen MR) is 101 cm³/mol. The number of aliphatic hydroxyl groups excluding tert-OH is 1. The summed E-state index contributed by atoms with van der Waals surface area (Å²) in [6.45, 7) is 3.81. The van der Waals surface area contributed by atoms with Crippen molar-refractivity contribution in [1.29, 1.82) is 0 Å². The molecule has 0 bridgehead atoms. The van der Waals surface area contributed by atoms with E-state index in [0.717, 1.165) is 0 Å². The molecule has 0 aliphatic carbocycles. The predicted octanol–water partition coefficient (Wildman–Crippen LogP) is 2.95. The lowest BCUT2D eigenvalue weighted by atomic mass is 9.78. The molecule has 25 heavy (non-hydrogen) atoms. The molecule has 0 atom stereocenters. The van der Waals surface area contributed by atoms with Crippen molar-refractivity contribution < 1.29 is 19.6 Å². The highest BCUT2D eigenvalue weighted by atomic mass is 35.5. The normalized spacial score (nSPS) is 11.4. The second kappa shape index (κ2) is 8.34. The Bertz CT molecular complexity index is 747. The molecule has 0 aliphatic heterocycles. The van der Waals surface area contributed by atoms with Gasteiger partial charge in [-0.3, -0.25) is 4.79 Å². The second-order valence-corrected chi connectivity index (χ2v) is 7.40. The highest BCUT2D eigenvalue weighted by Crippen LogP contribution is 2.23. The topological polar surface area (TPSA) is 66.8 Å². The maximum absolute atomic E-state index is 12.5. The van der Waals surface area contributed by atoms with Crippen molar-refractivity contribution in [2.45, 2.75) is 13.8 Å². The van der Waals surface area contributed by atoms with Gasteiger partial charge in [0.25, 0.3) is 0 Å². The first-order valence-corrected chi connectivity index (χ1v) is 8.49. The van der Waals surface area contributed by atoms with E-state index in [0.29, 0.717) is 26.6 Å². The quantitative estimate of drug-likeness (QED) is 0.572. The highest BCUT2D eigenvalue weighted by molar-refractivity contribution is 6.60. The van der Waals surface area contributed by atoms with Crippen molar-refractivity contribution in [3.05, 3.63) is 63.6 Å². The standard InChI is InChI=1S/C18H19BCl2O4/c1-18(2,10-22)11-25-19(24)13-5-3-12(4-6-13)17(23)15-9-14(20)7-8-16(15)21/h3-9,22,24H,10-11H2,1-2H3. The fraction of sp³-hybridized carbons (Fsp3) is 0.278. The largest absolute Gasteiger partial charge is 0.491 e. The van der Waals surface area contributed by atoms with Crippen LogP contribution < -0.4 is 5.46 Å². The Morgan fingerprint density at radius 1 is 1.16 bits per heavy atom. The Balaban J connectivity index is 2.11. The number of carbonyl (C=O) groups excluding carboxylic acids is 1. The minimum absolute atomic E-state index is 0.0481. The molecular formula is C18H19BCl2O4. The lowest BCUT2D eigenvalue weighted by molar-refractivity contribution is 0.0886. The molecule has 0 unspecified atom stereocenters. The highest BCUT2D eigenvalue weighted by Gasteiger charge is 2.23. The SMILES string of the molecule is CC(C)(CO)COB(O)c1ccc(C(=O)c2cc(Cl)ccc2Cl)cc1. The average molecular weight is 381 g/mol. The molecule has 0 heterocycles. The first-order chi connectivity index (χ1) is 11.7. The van der Waals surface area contributed by atoms with Gasteiger partial charge < -0.3 is 14.8 Å². The Kier molecular flexibility index (Phi) is 6.66. The molecule has 0 amide bonds. The van der Waals surface area contributed by atoms with Crippen molar-refractivity contribution in [3.63, 3.8) is 0 Å². The molecule has 0 spiro atoms. The minimum atomic E-state index is -1.13. The van der Waals surface area contributed by atoms with E-state index in [-0.39, 0.29) is 19.0 Å². The Hall–Kier alpha value is -1.37. The number of benzene rings is 2. The summed E-state index contributed by atoms with van der Waals surface area (Å²) < 4.78 is 5.38. The van der Waals surface area contributed by atoms with E-state index in [9.17, 15) is 14.9 Å². The van der Waals surface area contributed by atoms with E-state index in [1.807, 2.05) is 13.8 Å². The number of rotatable bonds is 7. The van der Waals surface area contributed by atoms with Crippen LogP contribution in [0, 0.1) is 5.41 Å². The zero-order valence-electron chi connectivity index (χ0n) is 14.0. The summed E-state index contributed by atoms with van der Waals surface area (Å²) in [5, 5.41) is 20.0. The van der Waals surface area contributed by atoms with Crippen LogP contribution in [0.3, 0.4) is 0 Å². The van der Waals surface area contributed by atoms with Crippen molar-refractivity contribution >= 4 is 41.6 Å². The van der Waals surface area contributed by atoms with Crippen molar-refractivity contribution in [1.82, 2.24) is 0 Å². The van der Waals surface area contributed by atoms with Crippen LogP contribution in [0.5, 0.6) is 0 Å². The molecule has 0 saturated heterocycles. The molecule has 7 heteroatoms. The molecule has 4 nitrogen and oxygen atoms in total. The van der Waals surface area contributed by atoms with Crippen LogP contribution in [0.25, 0.3) is 0 Å². The molecule has 0 saturated carbocycles. The van der Waals surface area contributed by atoms with Gasteiger partial charge in [0.05, 0.1) is 11.6 Å². The molecule has 0 aromatic heterocycles. The number of ketones is 1. The van der Waals surface area contributed by atoms with Crippen LogP contribution in [0.15, 0.2) is 42.5 Å². The third-order valence-electron chi connectivity index (χ3n) is 3.69. The lowest BCUT2D eigenvalue weighted by Gasteiger charge is -2.22. The average Bonchev–Trinajstić information content (AvgIpc) is 2.61. The van der Waals surface area contributed by atoms with Crippen LogP contribution in [-0.2, 0) is 4.65 Å². The van der Waals surface area contributed by atoms with Crippen LogP contribution in [0.1, 0.15) is 29.8 Å². The van der Waals surface area contributed by atoms with Gasteiger partial charge in [0.15, 0.2) is 5.78 Å². The van der Waals surface area contributed by atoms with Gasteiger partial charge in [-0.05, 0) is 23.7 Å². The molecular weight excluding hydrogens is 362 g/mol. The van der Waals surface area contributed by atoms with E-state index >= 15 is 0 Å². The molecule has 2 rings (SSSR count). The molecule has 0 fully saturated rings. The van der Waals surface area contributed by atoms with Gasteiger partial charge >= 0.3 is 7.12 Å². The fourth-order valence-corrected chi connectivity index (χ4v) is 2.45. The summed E-state index contributed by atoms with van der Waals surface area (Å²) in [7, 11) is -1.13. The van der Waals surface area contributed by atoms with Crippen LogP contribution in [0.2, 0.25) is 10.0 Å².